The van der Waals surface area contributed by atoms with E-state index in [2.05, 4.69) is 10.6 Å². The predicted molar refractivity (Wildman–Crippen MR) is 114 cm³/mol. The second-order valence-electron chi connectivity index (χ2n) is 7.06. The number of hydrogen-bond acceptors (Lipinski definition) is 6. The van der Waals surface area contributed by atoms with Crippen LogP contribution in [0.15, 0.2) is 41.3 Å². The van der Waals surface area contributed by atoms with E-state index < -0.39 is 44.9 Å². The summed E-state index contributed by atoms with van der Waals surface area (Å²) in [5, 5.41) is 5.15. The van der Waals surface area contributed by atoms with Gasteiger partial charge in [-0.25, -0.2) is 17.2 Å². The Balaban J connectivity index is 1.84. The first-order valence-corrected chi connectivity index (χ1v) is 11.5. The van der Waals surface area contributed by atoms with E-state index in [1.165, 1.54) is 13.2 Å². The number of fused-ring (bicyclic) bond motifs is 1. The van der Waals surface area contributed by atoms with Crippen LogP contribution in [0.5, 0.6) is 11.5 Å². The second kappa shape index (κ2) is 10.6. The van der Waals surface area contributed by atoms with Crippen molar-refractivity contribution in [1.82, 2.24) is 14.9 Å². The topological polar surface area (TPSA) is 114 Å². The number of sulfonamides is 1. The fourth-order valence-electron chi connectivity index (χ4n) is 3.20. The second-order valence-corrected chi connectivity index (χ2v) is 8.93. The van der Waals surface area contributed by atoms with Gasteiger partial charge >= 0.3 is 0 Å². The summed E-state index contributed by atoms with van der Waals surface area (Å²) in [7, 11) is -3.20. The Morgan fingerprint density at radius 2 is 1.79 bits per heavy atom. The lowest BCUT2D eigenvalue weighted by Gasteiger charge is -2.23. The van der Waals surface area contributed by atoms with Gasteiger partial charge in [-0.15, -0.1) is 0 Å². The van der Waals surface area contributed by atoms with Crippen LogP contribution in [0.25, 0.3) is 0 Å². The minimum Gasteiger partial charge on any atom is -0.497 e. The zero-order valence-corrected chi connectivity index (χ0v) is 18.6. The number of halogens is 2. The van der Waals surface area contributed by atoms with E-state index in [9.17, 15) is 26.8 Å². The minimum atomic E-state index is -4.67. The van der Waals surface area contributed by atoms with Crippen molar-refractivity contribution in [3.8, 4) is 11.5 Å². The first-order chi connectivity index (χ1) is 15.7. The van der Waals surface area contributed by atoms with Crippen LogP contribution in [0.4, 0.5) is 8.78 Å². The van der Waals surface area contributed by atoms with Crippen molar-refractivity contribution < 1.29 is 36.3 Å². The summed E-state index contributed by atoms with van der Waals surface area (Å²) in [6.07, 6.45) is 0.0840. The fraction of sp³-hybridized carbons (Fsp3) is 0.333. The highest BCUT2D eigenvalue weighted by atomic mass is 32.2. The lowest BCUT2D eigenvalue weighted by atomic mass is 10.1. The smallest absolute Gasteiger partial charge is 0.255 e. The summed E-state index contributed by atoms with van der Waals surface area (Å²) < 4.78 is 65.6. The van der Waals surface area contributed by atoms with E-state index in [0.717, 1.165) is 18.2 Å². The molecule has 1 aliphatic rings. The summed E-state index contributed by atoms with van der Waals surface area (Å²) in [4.78, 5) is 23.8. The Labute approximate surface area is 189 Å². The first kappa shape index (κ1) is 24.4. The van der Waals surface area contributed by atoms with E-state index in [1.54, 1.807) is 12.1 Å². The summed E-state index contributed by atoms with van der Waals surface area (Å²) in [5.41, 5.74) is 0.233. The number of nitrogens with one attached hydrogen (secondary N) is 2. The lowest BCUT2D eigenvalue weighted by molar-refractivity contribution is -0.121. The van der Waals surface area contributed by atoms with Crippen LogP contribution in [0.1, 0.15) is 16.8 Å². The molecule has 0 atom stereocenters. The third-order valence-corrected chi connectivity index (χ3v) is 6.72. The van der Waals surface area contributed by atoms with Crippen molar-refractivity contribution in [2.45, 2.75) is 11.3 Å². The maximum Gasteiger partial charge on any atom is 0.255 e. The van der Waals surface area contributed by atoms with Crippen molar-refractivity contribution in [3.63, 3.8) is 0 Å². The van der Waals surface area contributed by atoms with E-state index >= 15 is 0 Å². The van der Waals surface area contributed by atoms with Gasteiger partial charge in [0.15, 0.2) is 4.90 Å². The molecule has 1 aliphatic heterocycles. The minimum absolute atomic E-state index is 0.000943. The molecule has 0 saturated heterocycles. The molecule has 0 aliphatic carbocycles. The molecule has 1 heterocycles. The number of methoxy groups -OCH3 is 1. The normalized spacial score (nSPS) is 16.6. The maximum absolute atomic E-state index is 14.2. The van der Waals surface area contributed by atoms with Crippen LogP contribution in [-0.4, -0.2) is 64.4 Å². The number of carbonyl (C=O) groups is 2. The quantitative estimate of drug-likeness (QED) is 0.680. The highest BCUT2D eigenvalue weighted by Gasteiger charge is 2.32. The Morgan fingerprint density at radius 3 is 2.48 bits per heavy atom. The van der Waals surface area contributed by atoms with Gasteiger partial charge < -0.3 is 20.1 Å². The molecule has 12 heteroatoms. The van der Waals surface area contributed by atoms with Crippen molar-refractivity contribution in [3.05, 3.63) is 53.6 Å². The summed E-state index contributed by atoms with van der Waals surface area (Å²) in [5.74, 6) is -2.91. The Kier molecular flexibility index (Phi) is 7.82. The fourth-order valence-corrected chi connectivity index (χ4v) is 4.74. The Hall–Kier alpha value is -3.25. The van der Waals surface area contributed by atoms with E-state index in [1.807, 2.05) is 0 Å². The van der Waals surface area contributed by atoms with Gasteiger partial charge in [0.05, 0.1) is 25.8 Å². The third kappa shape index (κ3) is 5.76. The van der Waals surface area contributed by atoms with Gasteiger partial charge in [-0.05, 0) is 30.7 Å². The van der Waals surface area contributed by atoms with E-state index in [4.69, 9.17) is 9.47 Å². The lowest BCUT2D eigenvalue weighted by Crippen LogP contribution is -2.43. The zero-order chi connectivity index (χ0) is 24.0. The molecular weight excluding hydrogens is 460 g/mol. The molecule has 0 fully saturated rings. The molecule has 2 aromatic carbocycles. The molecule has 3 rings (SSSR count). The molecule has 2 N–H and O–H groups in total. The molecule has 0 spiro atoms. The molecule has 2 aromatic rings. The molecule has 0 bridgehead atoms. The van der Waals surface area contributed by atoms with Gasteiger partial charge in [-0.2, -0.15) is 4.31 Å². The third-order valence-electron chi connectivity index (χ3n) is 4.82. The van der Waals surface area contributed by atoms with Gasteiger partial charge in [-0.1, -0.05) is 6.07 Å². The number of amides is 2. The van der Waals surface area contributed by atoms with Crippen molar-refractivity contribution in [2.75, 3.05) is 39.9 Å². The van der Waals surface area contributed by atoms with Crippen molar-refractivity contribution >= 4 is 21.8 Å². The Morgan fingerprint density at radius 1 is 1.06 bits per heavy atom. The Bertz CT molecular complexity index is 1120. The summed E-state index contributed by atoms with van der Waals surface area (Å²) in [6.45, 7) is -0.894. The van der Waals surface area contributed by atoms with Gasteiger partial charge in [0.1, 0.15) is 29.7 Å². The molecule has 0 radical (unpaired) electrons. The van der Waals surface area contributed by atoms with Crippen LogP contribution in [-0.2, 0) is 14.8 Å². The molecule has 178 valence electrons. The number of ether oxygens (including phenoxy) is 2. The van der Waals surface area contributed by atoms with E-state index in [0.29, 0.717) is 10.1 Å². The molecule has 33 heavy (non-hydrogen) atoms. The van der Waals surface area contributed by atoms with Crippen LogP contribution in [0.2, 0.25) is 0 Å². The van der Waals surface area contributed by atoms with Gasteiger partial charge in [-0.3, -0.25) is 9.59 Å². The first-order valence-electron chi connectivity index (χ1n) is 10.0. The van der Waals surface area contributed by atoms with Crippen LogP contribution in [0, 0.1) is 11.6 Å². The van der Waals surface area contributed by atoms with Crippen LogP contribution < -0.4 is 20.1 Å². The van der Waals surface area contributed by atoms with Crippen molar-refractivity contribution in [1.29, 1.82) is 0 Å². The zero-order valence-electron chi connectivity index (χ0n) is 17.8. The summed E-state index contributed by atoms with van der Waals surface area (Å²) >= 11 is 0. The van der Waals surface area contributed by atoms with Gasteiger partial charge in [0.25, 0.3) is 5.91 Å². The number of hydrogen-bond donors (Lipinski definition) is 2. The average Bonchev–Trinajstić information content (AvgIpc) is 2.77. The number of carbonyl (C=O) groups excluding carboxylic acids is 2. The number of benzene rings is 2. The predicted octanol–water partition coefficient (Wildman–Crippen LogP) is 1.29. The molecule has 0 saturated carbocycles. The van der Waals surface area contributed by atoms with Crippen LogP contribution in [0.3, 0.4) is 0 Å². The molecular formula is C21H23F2N3O6S. The average molecular weight is 483 g/mol. The van der Waals surface area contributed by atoms with Crippen molar-refractivity contribution in [2.24, 2.45) is 0 Å². The molecule has 2 amide bonds. The number of rotatable bonds is 3. The number of nitrogens with zero attached hydrogens (tertiary/aromatic N) is 1. The summed E-state index contributed by atoms with van der Waals surface area (Å²) in [6, 6.07) is 7.34. The van der Waals surface area contributed by atoms with Gasteiger partial charge in [0.2, 0.25) is 15.9 Å². The van der Waals surface area contributed by atoms with Gasteiger partial charge in [0, 0.05) is 19.2 Å². The highest BCUT2D eigenvalue weighted by Crippen LogP contribution is 2.25. The molecule has 0 aromatic heterocycles. The monoisotopic (exact) mass is 483 g/mol. The van der Waals surface area contributed by atoms with Crippen LogP contribution >= 0.6 is 0 Å². The molecule has 9 nitrogen and oxygen atoms in total. The van der Waals surface area contributed by atoms with E-state index in [-0.39, 0.29) is 44.0 Å². The largest absolute Gasteiger partial charge is 0.497 e. The molecule has 0 unspecified atom stereocenters. The maximum atomic E-state index is 14.2. The standard InChI is InChI=1S/C21H23F2N3O6S/c1-31-14-6-7-15-18(12-14)32-11-9-24-19(27)13-26(10-3-8-25-21(15)28)33(29,30)20-16(22)4-2-5-17(20)23/h2,4-7,12H,3,8-11,13H2,1H3,(H,24,27)(H,25,28). The SMILES string of the molecule is COc1ccc2c(c1)OCCNC(=O)CN(S(=O)(=O)c1c(F)cccc1F)CCCNC2=O. The highest BCUT2D eigenvalue weighted by molar-refractivity contribution is 7.89.